The summed E-state index contributed by atoms with van der Waals surface area (Å²) < 4.78 is 4.70. The van der Waals surface area contributed by atoms with Gasteiger partial charge >= 0.3 is 5.97 Å². The van der Waals surface area contributed by atoms with Crippen LogP contribution in [-0.4, -0.2) is 18.1 Å². The maximum absolute atomic E-state index is 11.4. The summed E-state index contributed by atoms with van der Waals surface area (Å²) in [6.45, 7) is 0. The molecular formula is C12H9NO2S. The van der Waals surface area contributed by atoms with Crippen molar-refractivity contribution in [2.45, 2.75) is 0 Å². The maximum Gasteiger partial charge on any atom is 0.348 e. The zero-order valence-electron chi connectivity index (χ0n) is 8.61. The molecule has 3 aromatic rings. The number of para-hydroxylation sites is 1. The molecule has 0 saturated heterocycles. The van der Waals surface area contributed by atoms with Crippen molar-refractivity contribution in [3.05, 3.63) is 35.2 Å². The van der Waals surface area contributed by atoms with E-state index in [9.17, 15) is 4.79 Å². The standard InChI is InChI=1S/C12H9NO2S/c1-15-12(14)10-6-8-7-4-2-3-5-9(7)13-11(8)16-10/h2-6,13H,1H3. The van der Waals surface area contributed by atoms with Gasteiger partial charge in [-0.15, -0.1) is 11.3 Å². The van der Waals surface area contributed by atoms with Gasteiger partial charge in [0.25, 0.3) is 0 Å². The van der Waals surface area contributed by atoms with Crippen molar-refractivity contribution in [2.24, 2.45) is 0 Å². The predicted octanol–water partition coefficient (Wildman–Crippen LogP) is 3.17. The van der Waals surface area contributed by atoms with Gasteiger partial charge in [-0.2, -0.15) is 0 Å². The lowest BCUT2D eigenvalue weighted by Crippen LogP contribution is -1.96. The molecule has 0 atom stereocenters. The highest BCUT2D eigenvalue weighted by Crippen LogP contribution is 2.32. The number of thiophene rings is 1. The van der Waals surface area contributed by atoms with Crippen LogP contribution in [0.4, 0.5) is 0 Å². The Bertz CT molecular complexity index is 681. The first-order chi connectivity index (χ1) is 7.79. The molecule has 0 aliphatic rings. The number of benzene rings is 1. The topological polar surface area (TPSA) is 42.1 Å². The van der Waals surface area contributed by atoms with Crippen molar-refractivity contribution in [3.63, 3.8) is 0 Å². The highest BCUT2D eigenvalue weighted by atomic mass is 32.1. The third-order valence-electron chi connectivity index (χ3n) is 2.58. The van der Waals surface area contributed by atoms with Gasteiger partial charge in [0.15, 0.2) is 0 Å². The average molecular weight is 231 g/mol. The molecule has 0 fully saturated rings. The number of nitrogens with one attached hydrogen (secondary N) is 1. The van der Waals surface area contributed by atoms with Crippen LogP contribution in [0.15, 0.2) is 30.3 Å². The molecule has 0 radical (unpaired) electrons. The Morgan fingerprint density at radius 1 is 1.31 bits per heavy atom. The summed E-state index contributed by atoms with van der Waals surface area (Å²) in [7, 11) is 1.40. The number of hydrogen-bond acceptors (Lipinski definition) is 3. The normalized spacial score (nSPS) is 11.1. The molecule has 0 unspecified atom stereocenters. The number of carbonyl (C=O) groups is 1. The molecule has 3 nitrogen and oxygen atoms in total. The summed E-state index contributed by atoms with van der Waals surface area (Å²) in [6, 6.07) is 9.93. The molecule has 3 rings (SSSR count). The predicted molar refractivity (Wildman–Crippen MR) is 65.0 cm³/mol. The Hall–Kier alpha value is -1.81. The van der Waals surface area contributed by atoms with E-state index in [-0.39, 0.29) is 5.97 Å². The number of carbonyl (C=O) groups excluding carboxylic acids is 1. The van der Waals surface area contributed by atoms with E-state index in [2.05, 4.69) is 4.98 Å². The van der Waals surface area contributed by atoms with Gasteiger partial charge in [-0.3, -0.25) is 0 Å². The molecule has 0 aliphatic carbocycles. The molecule has 16 heavy (non-hydrogen) atoms. The minimum atomic E-state index is -0.279. The van der Waals surface area contributed by atoms with Gasteiger partial charge in [0, 0.05) is 16.3 Å². The first-order valence-electron chi connectivity index (χ1n) is 4.88. The Morgan fingerprint density at radius 2 is 2.12 bits per heavy atom. The smallest absolute Gasteiger partial charge is 0.348 e. The summed E-state index contributed by atoms with van der Waals surface area (Å²) in [6.07, 6.45) is 0. The van der Waals surface area contributed by atoms with E-state index >= 15 is 0 Å². The zero-order valence-corrected chi connectivity index (χ0v) is 9.43. The molecule has 0 spiro atoms. The molecule has 80 valence electrons. The largest absolute Gasteiger partial charge is 0.465 e. The number of ether oxygens (including phenoxy) is 1. The second-order valence-electron chi connectivity index (χ2n) is 3.52. The number of hydrogen-bond donors (Lipinski definition) is 1. The van der Waals surface area contributed by atoms with Gasteiger partial charge in [0.1, 0.15) is 9.71 Å². The van der Waals surface area contributed by atoms with E-state index in [1.165, 1.54) is 18.4 Å². The van der Waals surface area contributed by atoms with Crippen LogP contribution < -0.4 is 0 Å². The summed E-state index contributed by atoms with van der Waals surface area (Å²) >= 11 is 1.43. The van der Waals surface area contributed by atoms with Gasteiger partial charge < -0.3 is 9.72 Å². The highest BCUT2D eigenvalue weighted by molar-refractivity contribution is 7.20. The molecule has 1 aromatic carbocycles. The maximum atomic E-state index is 11.4. The zero-order chi connectivity index (χ0) is 11.1. The number of esters is 1. The summed E-state index contributed by atoms with van der Waals surface area (Å²) in [5, 5.41) is 2.23. The van der Waals surface area contributed by atoms with Gasteiger partial charge in [0.2, 0.25) is 0 Å². The van der Waals surface area contributed by atoms with Crippen LogP contribution >= 0.6 is 11.3 Å². The number of aromatic amines is 1. The molecule has 4 heteroatoms. The molecule has 0 amide bonds. The Kier molecular flexibility index (Phi) is 1.97. The second kappa shape index (κ2) is 3.35. The van der Waals surface area contributed by atoms with Gasteiger partial charge in [-0.05, 0) is 12.1 Å². The lowest BCUT2D eigenvalue weighted by molar-refractivity contribution is 0.0606. The molecule has 1 N–H and O–H groups in total. The van der Waals surface area contributed by atoms with Crippen LogP contribution in [0.1, 0.15) is 9.67 Å². The number of methoxy groups -OCH3 is 1. The lowest BCUT2D eigenvalue weighted by Gasteiger charge is -1.92. The third kappa shape index (κ3) is 1.23. The van der Waals surface area contributed by atoms with Crippen molar-refractivity contribution < 1.29 is 9.53 Å². The van der Waals surface area contributed by atoms with Crippen LogP contribution in [0.3, 0.4) is 0 Å². The van der Waals surface area contributed by atoms with Crippen molar-refractivity contribution in [2.75, 3.05) is 7.11 Å². The highest BCUT2D eigenvalue weighted by Gasteiger charge is 2.13. The quantitative estimate of drug-likeness (QED) is 0.653. The minimum Gasteiger partial charge on any atom is -0.465 e. The van der Waals surface area contributed by atoms with Crippen molar-refractivity contribution >= 4 is 38.4 Å². The van der Waals surface area contributed by atoms with Gasteiger partial charge in [-0.25, -0.2) is 4.79 Å². The van der Waals surface area contributed by atoms with Crippen molar-refractivity contribution in [1.29, 1.82) is 0 Å². The van der Waals surface area contributed by atoms with E-state index in [4.69, 9.17) is 4.74 Å². The van der Waals surface area contributed by atoms with E-state index in [1.807, 2.05) is 30.3 Å². The fourth-order valence-electron chi connectivity index (χ4n) is 1.83. The van der Waals surface area contributed by atoms with E-state index in [1.54, 1.807) is 0 Å². The first-order valence-corrected chi connectivity index (χ1v) is 5.70. The number of fused-ring (bicyclic) bond motifs is 3. The number of aromatic nitrogens is 1. The monoisotopic (exact) mass is 231 g/mol. The Balaban J connectivity index is 2.30. The summed E-state index contributed by atoms with van der Waals surface area (Å²) in [5.41, 5.74) is 1.10. The van der Waals surface area contributed by atoms with Gasteiger partial charge in [-0.1, -0.05) is 18.2 Å². The molecular weight excluding hydrogens is 222 g/mol. The Labute approximate surface area is 95.6 Å². The second-order valence-corrected chi connectivity index (χ2v) is 4.57. The van der Waals surface area contributed by atoms with Crippen molar-refractivity contribution in [3.8, 4) is 0 Å². The van der Waals surface area contributed by atoms with Crippen LogP contribution in [0.25, 0.3) is 21.1 Å². The van der Waals surface area contributed by atoms with Crippen LogP contribution in [0.5, 0.6) is 0 Å². The third-order valence-corrected chi connectivity index (χ3v) is 3.61. The average Bonchev–Trinajstić information content (AvgIpc) is 2.85. The van der Waals surface area contributed by atoms with E-state index < -0.39 is 0 Å². The first kappa shape index (κ1) is 9.42. The molecule has 2 aromatic heterocycles. The fourth-order valence-corrected chi connectivity index (χ4v) is 2.84. The van der Waals surface area contributed by atoms with Gasteiger partial charge in [0.05, 0.1) is 7.11 Å². The van der Waals surface area contributed by atoms with Crippen molar-refractivity contribution in [1.82, 2.24) is 4.98 Å². The van der Waals surface area contributed by atoms with E-state index in [0.29, 0.717) is 4.88 Å². The molecule has 0 aliphatic heterocycles. The number of H-pyrrole nitrogens is 1. The van der Waals surface area contributed by atoms with Crippen LogP contribution in [0.2, 0.25) is 0 Å². The van der Waals surface area contributed by atoms with Crippen LogP contribution in [0, 0.1) is 0 Å². The summed E-state index contributed by atoms with van der Waals surface area (Å²) in [4.78, 5) is 16.3. The molecule has 0 bridgehead atoms. The lowest BCUT2D eigenvalue weighted by atomic mass is 10.2. The molecule has 0 saturated carbocycles. The minimum absolute atomic E-state index is 0.279. The SMILES string of the molecule is COC(=O)c1cc2c([nH]c3ccccc32)s1. The fraction of sp³-hybridized carbons (Fsp3) is 0.0833. The Morgan fingerprint density at radius 3 is 2.94 bits per heavy atom. The number of rotatable bonds is 1. The molecule has 2 heterocycles. The van der Waals surface area contributed by atoms with E-state index in [0.717, 1.165) is 21.1 Å². The van der Waals surface area contributed by atoms with Crippen LogP contribution in [-0.2, 0) is 4.74 Å². The summed E-state index contributed by atoms with van der Waals surface area (Å²) in [5.74, 6) is -0.279.